The molecule has 1 heterocycles. The molecule has 37 heavy (non-hydrogen) atoms. The molecule has 4 rings (SSSR count). The molecule has 0 aromatic heterocycles. The molecular weight excluding hydrogens is 464 g/mol. The van der Waals surface area contributed by atoms with Gasteiger partial charge in [0.25, 0.3) is 0 Å². The van der Waals surface area contributed by atoms with Crippen molar-refractivity contribution in [3.8, 4) is 11.5 Å². The zero-order chi connectivity index (χ0) is 26.0. The molecule has 0 saturated heterocycles. The first-order valence-electron chi connectivity index (χ1n) is 12.6. The normalized spacial score (nSPS) is 15.2. The van der Waals surface area contributed by atoms with Gasteiger partial charge in [0.15, 0.2) is 0 Å². The van der Waals surface area contributed by atoms with E-state index < -0.39 is 5.97 Å². The monoisotopic (exact) mass is 498 g/mol. The molecule has 0 bridgehead atoms. The van der Waals surface area contributed by atoms with Crippen molar-refractivity contribution in [1.29, 1.82) is 0 Å². The van der Waals surface area contributed by atoms with Crippen LogP contribution in [0.25, 0.3) is 5.57 Å². The van der Waals surface area contributed by atoms with Gasteiger partial charge in [-0.05, 0) is 77.9 Å². The maximum atomic E-state index is 11.3. The molecule has 0 saturated carbocycles. The number of dihydropyridines is 1. The van der Waals surface area contributed by atoms with E-state index in [1.54, 1.807) is 14.2 Å². The highest BCUT2D eigenvalue weighted by molar-refractivity contribution is 6.10. The lowest BCUT2D eigenvalue weighted by Crippen LogP contribution is -2.27. The number of aliphatic carboxylic acids is 1. The minimum absolute atomic E-state index is 0.127. The van der Waals surface area contributed by atoms with E-state index in [0.29, 0.717) is 25.9 Å². The fourth-order valence-electron chi connectivity index (χ4n) is 4.80. The van der Waals surface area contributed by atoms with Crippen molar-refractivity contribution in [2.75, 3.05) is 32.6 Å². The van der Waals surface area contributed by atoms with Gasteiger partial charge >= 0.3 is 5.97 Å². The molecule has 0 aliphatic carbocycles. The van der Waals surface area contributed by atoms with Crippen LogP contribution in [0.1, 0.15) is 30.4 Å². The summed E-state index contributed by atoms with van der Waals surface area (Å²) in [6.07, 6.45) is 2.17. The van der Waals surface area contributed by atoms with E-state index in [4.69, 9.17) is 14.5 Å². The predicted octanol–water partition coefficient (Wildman–Crippen LogP) is 6.14. The summed E-state index contributed by atoms with van der Waals surface area (Å²) in [5.74, 6) is 1.03. The number of nitrogens with one attached hydrogen (secondary N) is 1. The van der Waals surface area contributed by atoms with Crippen molar-refractivity contribution < 1.29 is 19.4 Å². The summed E-state index contributed by atoms with van der Waals surface area (Å²) < 4.78 is 10.7. The summed E-state index contributed by atoms with van der Waals surface area (Å²) in [6, 6.07) is 26.4. The Hall–Kier alpha value is -4.06. The zero-order valence-corrected chi connectivity index (χ0v) is 21.4. The molecular formula is C31H34N2O4. The van der Waals surface area contributed by atoms with Gasteiger partial charge < -0.3 is 19.9 Å². The average Bonchev–Trinajstić information content (AvgIpc) is 2.93. The number of methoxy groups -OCH3 is 2. The van der Waals surface area contributed by atoms with Gasteiger partial charge in [-0.3, -0.25) is 9.79 Å². The van der Waals surface area contributed by atoms with Crippen LogP contribution < -0.4 is 14.8 Å². The summed E-state index contributed by atoms with van der Waals surface area (Å²) in [4.78, 5) is 16.4. The number of aliphatic imine (C=N–C) groups is 1. The summed E-state index contributed by atoms with van der Waals surface area (Å²) in [5.41, 5.74) is 6.73. The third-order valence-corrected chi connectivity index (χ3v) is 6.68. The largest absolute Gasteiger partial charge is 0.497 e. The second-order valence-electron chi connectivity index (χ2n) is 9.12. The first-order valence-corrected chi connectivity index (χ1v) is 12.6. The number of ether oxygens (including phenoxy) is 2. The second-order valence-corrected chi connectivity index (χ2v) is 9.12. The second kappa shape index (κ2) is 12.8. The Balaban J connectivity index is 1.70. The zero-order valence-electron chi connectivity index (χ0n) is 21.4. The lowest BCUT2D eigenvalue weighted by atomic mass is 9.79. The Kier molecular flexibility index (Phi) is 8.98. The van der Waals surface area contributed by atoms with Crippen molar-refractivity contribution >= 4 is 22.9 Å². The fraction of sp³-hybridized carbons (Fsp3) is 0.290. The van der Waals surface area contributed by atoms with Crippen LogP contribution in [0.5, 0.6) is 11.5 Å². The Bertz CT molecular complexity index is 1230. The maximum absolute atomic E-state index is 11.3. The number of hydrogen-bond donors (Lipinski definition) is 2. The lowest BCUT2D eigenvalue weighted by molar-refractivity contribution is -0.137. The van der Waals surface area contributed by atoms with Crippen molar-refractivity contribution in [3.63, 3.8) is 0 Å². The van der Waals surface area contributed by atoms with Gasteiger partial charge in [-0.2, -0.15) is 0 Å². The molecule has 6 heteroatoms. The third kappa shape index (κ3) is 7.00. The Labute approximate surface area is 218 Å². The number of carbonyl (C=O) groups is 1. The van der Waals surface area contributed by atoms with Crippen molar-refractivity contribution in [1.82, 2.24) is 0 Å². The van der Waals surface area contributed by atoms with E-state index in [2.05, 4.69) is 29.6 Å². The molecule has 0 amide bonds. The molecule has 0 radical (unpaired) electrons. The molecule has 1 atom stereocenters. The predicted molar refractivity (Wildman–Crippen MR) is 149 cm³/mol. The average molecular weight is 499 g/mol. The van der Waals surface area contributed by atoms with Crippen molar-refractivity contribution in [2.24, 2.45) is 10.9 Å². The van der Waals surface area contributed by atoms with E-state index in [9.17, 15) is 9.90 Å². The highest BCUT2D eigenvalue weighted by Crippen LogP contribution is 2.37. The van der Waals surface area contributed by atoms with E-state index in [-0.39, 0.29) is 12.3 Å². The standard InChI is InChI=1S/C31H34N2O4/c1-36-26-15-11-22(12-16-26)19-24-20-33-29(21-32-25-7-4-3-5-8-25)28(9-6-10-30(34)35)31(24)23-13-17-27(37-2)18-14-23/h3-5,7-8,11-18,24,32H,6,9-10,19-21H2,1-2H3,(H,34,35). The molecule has 0 spiro atoms. The number of carboxylic acid groups (broad SMARTS) is 1. The smallest absolute Gasteiger partial charge is 0.303 e. The van der Waals surface area contributed by atoms with Gasteiger partial charge in [0, 0.05) is 24.6 Å². The van der Waals surface area contributed by atoms with Crippen LogP contribution in [-0.2, 0) is 11.2 Å². The number of hydrogen-bond acceptors (Lipinski definition) is 5. The van der Waals surface area contributed by atoms with E-state index in [1.165, 1.54) is 11.1 Å². The van der Waals surface area contributed by atoms with Crippen molar-refractivity contribution in [2.45, 2.75) is 25.7 Å². The number of carboxylic acids is 1. The molecule has 1 aliphatic rings. The minimum Gasteiger partial charge on any atom is -0.497 e. The Morgan fingerprint density at radius 1 is 0.946 bits per heavy atom. The van der Waals surface area contributed by atoms with Gasteiger partial charge in [0.1, 0.15) is 11.5 Å². The van der Waals surface area contributed by atoms with Crippen LogP contribution in [0.3, 0.4) is 0 Å². The molecule has 6 nitrogen and oxygen atoms in total. The van der Waals surface area contributed by atoms with Crippen LogP contribution >= 0.6 is 0 Å². The number of anilines is 1. The topological polar surface area (TPSA) is 80.2 Å². The van der Waals surface area contributed by atoms with Gasteiger partial charge in [0.2, 0.25) is 0 Å². The summed E-state index contributed by atoms with van der Waals surface area (Å²) >= 11 is 0. The molecule has 1 unspecified atom stereocenters. The molecule has 3 aromatic rings. The molecule has 1 aliphatic heterocycles. The minimum atomic E-state index is -0.780. The van der Waals surface area contributed by atoms with Crippen LogP contribution in [0.15, 0.2) is 89.4 Å². The first kappa shape index (κ1) is 26.0. The van der Waals surface area contributed by atoms with E-state index >= 15 is 0 Å². The third-order valence-electron chi connectivity index (χ3n) is 6.68. The summed E-state index contributed by atoms with van der Waals surface area (Å²) in [7, 11) is 3.34. The molecule has 0 fully saturated rings. The Morgan fingerprint density at radius 2 is 1.59 bits per heavy atom. The molecule has 2 N–H and O–H groups in total. The van der Waals surface area contributed by atoms with Crippen LogP contribution in [0.4, 0.5) is 5.69 Å². The first-order chi connectivity index (χ1) is 18.1. The van der Waals surface area contributed by atoms with Gasteiger partial charge in [-0.15, -0.1) is 0 Å². The SMILES string of the molecule is COc1ccc(CC2CN=C(CNc3ccccc3)C(CCCC(=O)O)=C2c2ccc(OC)cc2)cc1. The lowest BCUT2D eigenvalue weighted by Gasteiger charge is -2.30. The fourth-order valence-corrected chi connectivity index (χ4v) is 4.80. The summed E-state index contributed by atoms with van der Waals surface area (Å²) in [5, 5.41) is 12.8. The van der Waals surface area contributed by atoms with Crippen LogP contribution in [0.2, 0.25) is 0 Å². The number of benzene rings is 3. The Morgan fingerprint density at radius 3 is 2.22 bits per heavy atom. The van der Waals surface area contributed by atoms with Crippen LogP contribution in [0, 0.1) is 5.92 Å². The van der Waals surface area contributed by atoms with E-state index in [0.717, 1.165) is 40.5 Å². The highest BCUT2D eigenvalue weighted by atomic mass is 16.5. The highest BCUT2D eigenvalue weighted by Gasteiger charge is 2.27. The van der Waals surface area contributed by atoms with E-state index in [1.807, 2.05) is 54.6 Å². The number of nitrogens with zero attached hydrogens (tertiary/aromatic N) is 1. The quantitative estimate of drug-likeness (QED) is 0.314. The van der Waals surface area contributed by atoms with Crippen LogP contribution in [-0.4, -0.2) is 44.1 Å². The summed E-state index contributed by atoms with van der Waals surface area (Å²) in [6.45, 7) is 1.25. The maximum Gasteiger partial charge on any atom is 0.303 e. The number of rotatable bonds is 12. The number of para-hydroxylation sites is 1. The molecule has 192 valence electrons. The molecule has 3 aromatic carbocycles. The van der Waals surface area contributed by atoms with Gasteiger partial charge in [0.05, 0.1) is 26.5 Å². The van der Waals surface area contributed by atoms with Crippen molar-refractivity contribution in [3.05, 3.63) is 95.6 Å². The van der Waals surface area contributed by atoms with Gasteiger partial charge in [-0.1, -0.05) is 42.5 Å². The van der Waals surface area contributed by atoms with Gasteiger partial charge in [-0.25, -0.2) is 0 Å².